The zero-order chi connectivity index (χ0) is 16.0. The van der Waals surface area contributed by atoms with Gasteiger partial charge in [0.2, 0.25) is 0 Å². The van der Waals surface area contributed by atoms with Crippen LogP contribution in [0.1, 0.15) is 15.9 Å². The predicted octanol–water partition coefficient (Wildman–Crippen LogP) is 2.00. The van der Waals surface area contributed by atoms with E-state index < -0.39 is 10.1 Å². The Bertz CT molecular complexity index is 725. The van der Waals surface area contributed by atoms with E-state index in [0.717, 1.165) is 11.8 Å². The van der Waals surface area contributed by atoms with Crippen LogP contribution in [-0.2, 0) is 16.7 Å². The second kappa shape index (κ2) is 7.20. The number of hydrogen-bond acceptors (Lipinski definition) is 5. The summed E-state index contributed by atoms with van der Waals surface area (Å²) in [5.41, 5.74) is 1.61. The Morgan fingerprint density at radius 2 is 1.68 bits per heavy atom. The van der Waals surface area contributed by atoms with E-state index in [4.69, 9.17) is 4.18 Å². The number of carbonyl (C=O) groups excluding carboxylic acids is 1. The van der Waals surface area contributed by atoms with Crippen molar-refractivity contribution in [1.82, 2.24) is 5.32 Å². The summed E-state index contributed by atoms with van der Waals surface area (Å²) in [5, 5.41) is 3.08. The average molecular weight is 319 g/mol. The molecule has 1 N–H and O–H groups in total. The van der Waals surface area contributed by atoms with E-state index >= 15 is 0 Å². The molecule has 0 spiro atoms. The van der Waals surface area contributed by atoms with Crippen molar-refractivity contribution < 1.29 is 17.4 Å². The fourth-order valence-corrected chi connectivity index (χ4v) is 2.35. The summed E-state index contributed by atoms with van der Waals surface area (Å²) in [4.78, 5) is 12.0. The van der Waals surface area contributed by atoms with Gasteiger partial charge in [-0.3, -0.25) is 4.79 Å². The summed E-state index contributed by atoms with van der Waals surface area (Å²) in [5.74, 6) is 0.123. The first-order chi connectivity index (χ1) is 10.4. The Balaban J connectivity index is 1.87. The lowest BCUT2D eigenvalue weighted by Gasteiger charge is -2.06. The molecule has 0 amide bonds. The number of carbonyl (C=O) groups is 1. The maximum Gasteiger partial charge on any atom is 0.306 e. The second-order valence-electron chi connectivity index (χ2n) is 4.82. The molecular weight excluding hydrogens is 302 g/mol. The van der Waals surface area contributed by atoms with Crippen molar-refractivity contribution in [2.75, 3.05) is 12.8 Å². The number of rotatable bonds is 7. The molecule has 116 valence electrons. The van der Waals surface area contributed by atoms with Crippen molar-refractivity contribution in [3.63, 3.8) is 0 Å². The van der Waals surface area contributed by atoms with Gasteiger partial charge in [-0.1, -0.05) is 30.3 Å². The van der Waals surface area contributed by atoms with Gasteiger partial charge < -0.3 is 9.50 Å². The lowest BCUT2D eigenvalue weighted by atomic mass is 10.1. The summed E-state index contributed by atoms with van der Waals surface area (Å²) >= 11 is 0. The third-order valence-corrected chi connectivity index (χ3v) is 3.38. The highest BCUT2D eigenvalue weighted by atomic mass is 32.2. The topological polar surface area (TPSA) is 72.5 Å². The molecule has 6 heteroatoms. The molecule has 0 fully saturated rings. The van der Waals surface area contributed by atoms with Crippen LogP contribution in [0.3, 0.4) is 0 Å². The second-order valence-corrected chi connectivity index (χ2v) is 6.40. The van der Waals surface area contributed by atoms with Gasteiger partial charge in [0, 0.05) is 12.1 Å². The van der Waals surface area contributed by atoms with Gasteiger partial charge in [0.25, 0.3) is 0 Å². The van der Waals surface area contributed by atoms with E-state index in [1.54, 1.807) is 12.1 Å². The third kappa shape index (κ3) is 5.31. The van der Waals surface area contributed by atoms with Crippen molar-refractivity contribution >= 4 is 15.9 Å². The standard InChI is InChI=1S/C16H17NO4S/c1-22(19,20)21-15-9-7-14(8-10-15)16(18)12-17-11-13-5-3-2-4-6-13/h2-10,17H,11-12H2,1H3. The summed E-state index contributed by atoms with van der Waals surface area (Å²) < 4.78 is 26.7. The number of hydrogen-bond donors (Lipinski definition) is 1. The molecular formula is C16H17NO4S. The zero-order valence-electron chi connectivity index (χ0n) is 12.2. The molecule has 0 aliphatic heterocycles. The third-order valence-electron chi connectivity index (χ3n) is 2.88. The Labute approximate surface area is 130 Å². The molecule has 2 aromatic rings. The van der Waals surface area contributed by atoms with Crippen molar-refractivity contribution in [3.8, 4) is 5.75 Å². The van der Waals surface area contributed by atoms with Crippen LogP contribution in [0.4, 0.5) is 0 Å². The highest BCUT2D eigenvalue weighted by Gasteiger charge is 2.08. The summed E-state index contributed by atoms with van der Waals surface area (Å²) in [6.07, 6.45) is 0.972. The van der Waals surface area contributed by atoms with E-state index in [2.05, 4.69) is 5.32 Å². The highest BCUT2D eigenvalue weighted by molar-refractivity contribution is 7.86. The Morgan fingerprint density at radius 1 is 1.05 bits per heavy atom. The summed E-state index contributed by atoms with van der Waals surface area (Å²) in [6.45, 7) is 0.822. The zero-order valence-corrected chi connectivity index (χ0v) is 13.0. The van der Waals surface area contributed by atoms with Crippen LogP contribution < -0.4 is 9.50 Å². The molecule has 0 saturated carbocycles. The largest absolute Gasteiger partial charge is 0.383 e. The van der Waals surface area contributed by atoms with Crippen LogP contribution >= 0.6 is 0 Å². The molecule has 0 heterocycles. The summed E-state index contributed by atoms with van der Waals surface area (Å²) in [6, 6.07) is 15.8. The normalized spacial score (nSPS) is 11.1. The van der Waals surface area contributed by atoms with Crippen LogP contribution in [0.15, 0.2) is 54.6 Å². The number of benzene rings is 2. The van der Waals surface area contributed by atoms with E-state index in [-0.39, 0.29) is 18.1 Å². The molecule has 0 unspecified atom stereocenters. The van der Waals surface area contributed by atoms with E-state index in [0.29, 0.717) is 12.1 Å². The lowest BCUT2D eigenvalue weighted by molar-refractivity contribution is 0.0991. The first kappa shape index (κ1) is 16.2. The van der Waals surface area contributed by atoms with Gasteiger partial charge in [-0.2, -0.15) is 8.42 Å². The van der Waals surface area contributed by atoms with Gasteiger partial charge in [0.1, 0.15) is 5.75 Å². The number of Topliss-reactive ketones (excluding diaryl/α,β-unsaturated/α-hetero) is 1. The van der Waals surface area contributed by atoms with E-state index in [1.807, 2.05) is 30.3 Å². The van der Waals surface area contributed by atoms with Crippen LogP contribution in [0.25, 0.3) is 0 Å². The van der Waals surface area contributed by atoms with Gasteiger partial charge in [0.05, 0.1) is 12.8 Å². The van der Waals surface area contributed by atoms with Crippen LogP contribution in [0, 0.1) is 0 Å². The van der Waals surface area contributed by atoms with E-state index in [9.17, 15) is 13.2 Å². The van der Waals surface area contributed by atoms with Crippen molar-refractivity contribution in [2.45, 2.75) is 6.54 Å². The molecule has 0 bridgehead atoms. The van der Waals surface area contributed by atoms with Crippen LogP contribution in [0.5, 0.6) is 5.75 Å². The average Bonchev–Trinajstić information content (AvgIpc) is 2.47. The quantitative estimate of drug-likeness (QED) is 0.624. The number of ketones is 1. The smallest absolute Gasteiger partial charge is 0.306 e. The van der Waals surface area contributed by atoms with Gasteiger partial charge in [0.15, 0.2) is 5.78 Å². The minimum Gasteiger partial charge on any atom is -0.383 e. The van der Waals surface area contributed by atoms with Crippen molar-refractivity contribution in [3.05, 3.63) is 65.7 Å². The van der Waals surface area contributed by atoms with Gasteiger partial charge in [-0.05, 0) is 29.8 Å². The highest BCUT2D eigenvalue weighted by Crippen LogP contribution is 2.14. The predicted molar refractivity (Wildman–Crippen MR) is 84.4 cm³/mol. The van der Waals surface area contributed by atoms with Gasteiger partial charge in [-0.15, -0.1) is 0 Å². The SMILES string of the molecule is CS(=O)(=O)Oc1ccc(C(=O)CNCc2ccccc2)cc1. The van der Waals surface area contributed by atoms with Crippen molar-refractivity contribution in [2.24, 2.45) is 0 Å². The molecule has 0 radical (unpaired) electrons. The first-order valence-electron chi connectivity index (χ1n) is 6.71. The van der Waals surface area contributed by atoms with Gasteiger partial charge in [-0.25, -0.2) is 0 Å². The van der Waals surface area contributed by atoms with E-state index in [1.165, 1.54) is 12.1 Å². The molecule has 0 aliphatic carbocycles. The fourth-order valence-electron chi connectivity index (χ4n) is 1.89. The Kier molecular flexibility index (Phi) is 5.30. The maximum absolute atomic E-state index is 12.0. The minimum atomic E-state index is -3.55. The first-order valence-corrected chi connectivity index (χ1v) is 8.53. The molecule has 0 atom stereocenters. The van der Waals surface area contributed by atoms with Crippen LogP contribution in [0.2, 0.25) is 0 Å². The van der Waals surface area contributed by atoms with Crippen LogP contribution in [-0.4, -0.2) is 27.0 Å². The molecule has 2 aromatic carbocycles. The molecule has 22 heavy (non-hydrogen) atoms. The lowest BCUT2D eigenvalue weighted by Crippen LogP contribution is -2.22. The van der Waals surface area contributed by atoms with Gasteiger partial charge >= 0.3 is 10.1 Å². The Hall–Kier alpha value is -2.18. The van der Waals surface area contributed by atoms with Crippen molar-refractivity contribution in [1.29, 1.82) is 0 Å². The minimum absolute atomic E-state index is 0.0677. The molecule has 0 aliphatic rings. The molecule has 2 rings (SSSR count). The fraction of sp³-hybridized carbons (Fsp3) is 0.188. The molecule has 0 aromatic heterocycles. The monoisotopic (exact) mass is 319 g/mol. The molecule has 5 nitrogen and oxygen atoms in total. The maximum atomic E-state index is 12.0. The summed E-state index contributed by atoms with van der Waals surface area (Å²) in [7, 11) is -3.55. The molecule has 0 saturated heterocycles. The Morgan fingerprint density at radius 3 is 2.27 bits per heavy atom. The number of nitrogens with one attached hydrogen (secondary N) is 1.